The molecule has 4 nitrogen and oxygen atoms in total. The van der Waals surface area contributed by atoms with Crippen LogP contribution in [-0.4, -0.2) is 20.9 Å². The Kier molecular flexibility index (Phi) is 2.41. The molecule has 1 aromatic carbocycles. The summed E-state index contributed by atoms with van der Waals surface area (Å²) >= 11 is 1.45. The third kappa shape index (κ3) is 1.69. The standard InChI is InChI=1S/C13H10N2O2S/c1-15-6-9(5-14-15)8-2-3-12-10(4-8)11(7-18-12)13(16)17/h2-7H,1H3,(H,16,17). The second-order valence-electron chi connectivity index (χ2n) is 4.07. The zero-order valence-corrected chi connectivity index (χ0v) is 10.4. The maximum atomic E-state index is 11.1. The fraction of sp³-hybridized carbons (Fsp3) is 0.0769. The predicted molar refractivity (Wildman–Crippen MR) is 71.0 cm³/mol. The van der Waals surface area contributed by atoms with Gasteiger partial charge in [-0.3, -0.25) is 4.68 Å². The molecule has 5 heteroatoms. The Morgan fingerprint density at radius 1 is 1.39 bits per heavy atom. The molecule has 3 rings (SSSR count). The van der Waals surface area contributed by atoms with Crippen LogP contribution in [0.4, 0.5) is 0 Å². The van der Waals surface area contributed by atoms with Crippen LogP contribution in [0.25, 0.3) is 21.2 Å². The molecule has 3 aromatic rings. The highest BCUT2D eigenvalue weighted by Gasteiger charge is 2.11. The van der Waals surface area contributed by atoms with Crippen molar-refractivity contribution in [3.05, 3.63) is 41.5 Å². The Morgan fingerprint density at radius 2 is 2.22 bits per heavy atom. The molecule has 0 aliphatic heterocycles. The first-order valence-corrected chi connectivity index (χ1v) is 6.26. The van der Waals surface area contributed by atoms with Crippen LogP contribution < -0.4 is 0 Å². The number of carboxylic acids is 1. The van der Waals surface area contributed by atoms with E-state index in [4.69, 9.17) is 5.11 Å². The van der Waals surface area contributed by atoms with Gasteiger partial charge < -0.3 is 5.11 Å². The van der Waals surface area contributed by atoms with Crippen LogP contribution in [0.15, 0.2) is 36.0 Å². The highest BCUT2D eigenvalue weighted by molar-refractivity contribution is 7.17. The summed E-state index contributed by atoms with van der Waals surface area (Å²) < 4.78 is 2.71. The lowest BCUT2D eigenvalue weighted by Crippen LogP contribution is -1.93. The highest BCUT2D eigenvalue weighted by Crippen LogP contribution is 2.30. The number of nitrogens with zero attached hydrogens (tertiary/aromatic N) is 2. The van der Waals surface area contributed by atoms with Gasteiger partial charge in [-0.15, -0.1) is 11.3 Å². The van der Waals surface area contributed by atoms with E-state index in [2.05, 4.69) is 5.10 Å². The number of hydrogen-bond donors (Lipinski definition) is 1. The Bertz CT molecular complexity index is 742. The second-order valence-corrected chi connectivity index (χ2v) is 4.98. The average molecular weight is 258 g/mol. The first kappa shape index (κ1) is 11.0. The van der Waals surface area contributed by atoms with Gasteiger partial charge in [0.25, 0.3) is 0 Å². The molecule has 0 aliphatic rings. The molecule has 0 amide bonds. The van der Waals surface area contributed by atoms with Crippen LogP contribution >= 0.6 is 11.3 Å². The summed E-state index contributed by atoms with van der Waals surface area (Å²) in [7, 11) is 1.86. The SMILES string of the molecule is Cn1cc(-c2ccc3scc(C(=O)O)c3c2)cn1. The number of fused-ring (bicyclic) bond motifs is 1. The zero-order chi connectivity index (χ0) is 12.7. The first-order chi connectivity index (χ1) is 8.65. The Balaban J connectivity index is 2.20. The molecule has 2 heterocycles. The van der Waals surface area contributed by atoms with Crippen LogP contribution in [-0.2, 0) is 7.05 Å². The molecule has 0 spiro atoms. The van der Waals surface area contributed by atoms with Crippen LogP contribution in [0, 0.1) is 0 Å². The summed E-state index contributed by atoms with van der Waals surface area (Å²) in [6.45, 7) is 0. The minimum absolute atomic E-state index is 0.362. The molecule has 0 atom stereocenters. The molecule has 0 unspecified atom stereocenters. The third-order valence-corrected chi connectivity index (χ3v) is 3.81. The fourth-order valence-corrected chi connectivity index (χ4v) is 2.86. The summed E-state index contributed by atoms with van der Waals surface area (Å²) in [6, 6.07) is 5.85. The molecule has 0 fully saturated rings. The quantitative estimate of drug-likeness (QED) is 0.768. The van der Waals surface area contributed by atoms with Crippen LogP contribution in [0.1, 0.15) is 10.4 Å². The van der Waals surface area contributed by atoms with Crippen molar-refractivity contribution >= 4 is 27.4 Å². The van der Waals surface area contributed by atoms with Crippen LogP contribution in [0.5, 0.6) is 0 Å². The summed E-state index contributed by atoms with van der Waals surface area (Å²) in [6.07, 6.45) is 3.68. The van der Waals surface area contributed by atoms with E-state index in [0.717, 1.165) is 21.2 Å². The molecule has 1 N–H and O–H groups in total. The van der Waals surface area contributed by atoms with Gasteiger partial charge in [-0.2, -0.15) is 5.10 Å². The Labute approximate surface area is 107 Å². The number of aromatic carboxylic acids is 1. The molecule has 2 aromatic heterocycles. The normalized spacial score (nSPS) is 10.9. The lowest BCUT2D eigenvalue weighted by molar-refractivity contribution is 0.0699. The number of thiophene rings is 1. The van der Waals surface area contributed by atoms with Crippen molar-refractivity contribution in [1.82, 2.24) is 9.78 Å². The number of hydrogen-bond acceptors (Lipinski definition) is 3. The summed E-state index contributed by atoms with van der Waals surface area (Å²) in [5.74, 6) is -0.885. The van der Waals surface area contributed by atoms with E-state index in [-0.39, 0.29) is 0 Å². The van der Waals surface area contributed by atoms with Gasteiger partial charge in [0.1, 0.15) is 0 Å². The smallest absolute Gasteiger partial charge is 0.337 e. The van der Waals surface area contributed by atoms with Crippen molar-refractivity contribution in [2.45, 2.75) is 0 Å². The molecule has 0 aliphatic carbocycles. The molecular weight excluding hydrogens is 248 g/mol. The van der Waals surface area contributed by atoms with E-state index in [9.17, 15) is 4.79 Å². The van der Waals surface area contributed by atoms with E-state index in [0.29, 0.717) is 5.56 Å². The molecule has 18 heavy (non-hydrogen) atoms. The molecule has 90 valence electrons. The van der Waals surface area contributed by atoms with E-state index >= 15 is 0 Å². The molecule has 0 bridgehead atoms. The van der Waals surface area contributed by atoms with Crippen molar-refractivity contribution in [2.75, 3.05) is 0 Å². The molecule has 0 radical (unpaired) electrons. The fourth-order valence-electron chi connectivity index (χ4n) is 1.94. The number of rotatable bonds is 2. The zero-order valence-electron chi connectivity index (χ0n) is 9.62. The predicted octanol–water partition coefficient (Wildman–Crippen LogP) is 3.00. The van der Waals surface area contributed by atoms with E-state index in [1.54, 1.807) is 16.3 Å². The van der Waals surface area contributed by atoms with Gasteiger partial charge in [-0.05, 0) is 17.7 Å². The van der Waals surface area contributed by atoms with Crippen molar-refractivity contribution in [1.29, 1.82) is 0 Å². The van der Waals surface area contributed by atoms with E-state index in [1.165, 1.54) is 11.3 Å². The maximum absolute atomic E-state index is 11.1. The largest absolute Gasteiger partial charge is 0.478 e. The lowest BCUT2D eigenvalue weighted by atomic mass is 10.1. The third-order valence-electron chi connectivity index (χ3n) is 2.84. The summed E-state index contributed by atoms with van der Waals surface area (Å²) in [5, 5.41) is 15.7. The monoisotopic (exact) mass is 258 g/mol. The lowest BCUT2D eigenvalue weighted by Gasteiger charge is -1.98. The molecular formula is C13H10N2O2S. The van der Waals surface area contributed by atoms with E-state index in [1.807, 2.05) is 31.4 Å². The van der Waals surface area contributed by atoms with Gasteiger partial charge >= 0.3 is 5.97 Å². The minimum Gasteiger partial charge on any atom is -0.478 e. The number of aromatic nitrogens is 2. The average Bonchev–Trinajstić information content (AvgIpc) is 2.93. The molecule has 0 saturated heterocycles. The van der Waals surface area contributed by atoms with Crippen molar-refractivity contribution in [2.24, 2.45) is 7.05 Å². The topological polar surface area (TPSA) is 55.1 Å². The minimum atomic E-state index is -0.885. The Morgan fingerprint density at radius 3 is 2.89 bits per heavy atom. The van der Waals surface area contributed by atoms with Crippen molar-refractivity contribution in [3.63, 3.8) is 0 Å². The summed E-state index contributed by atoms with van der Waals surface area (Å²) in [4.78, 5) is 11.1. The van der Waals surface area contributed by atoms with E-state index < -0.39 is 5.97 Å². The Hall–Kier alpha value is -2.14. The van der Waals surface area contributed by atoms with Gasteiger partial charge in [0.05, 0.1) is 11.8 Å². The van der Waals surface area contributed by atoms with Crippen molar-refractivity contribution in [3.8, 4) is 11.1 Å². The number of benzene rings is 1. The van der Waals surface area contributed by atoms with Gasteiger partial charge in [-0.1, -0.05) is 6.07 Å². The highest BCUT2D eigenvalue weighted by atomic mass is 32.1. The van der Waals surface area contributed by atoms with Crippen LogP contribution in [0.3, 0.4) is 0 Å². The second kappa shape index (κ2) is 3.96. The van der Waals surface area contributed by atoms with Crippen LogP contribution in [0.2, 0.25) is 0 Å². The molecule has 0 saturated carbocycles. The van der Waals surface area contributed by atoms with Gasteiger partial charge in [0.15, 0.2) is 0 Å². The first-order valence-electron chi connectivity index (χ1n) is 5.39. The maximum Gasteiger partial charge on any atom is 0.337 e. The van der Waals surface area contributed by atoms with Gasteiger partial charge in [-0.25, -0.2) is 4.79 Å². The number of aryl methyl sites for hydroxylation is 1. The summed E-state index contributed by atoms with van der Waals surface area (Å²) in [5.41, 5.74) is 2.33. The van der Waals surface area contributed by atoms with Crippen molar-refractivity contribution < 1.29 is 9.90 Å². The van der Waals surface area contributed by atoms with Gasteiger partial charge in [0.2, 0.25) is 0 Å². The number of carboxylic acid groups (broad SMARTS) is 1. The van der Waals surface area contributed by atoms with Gasteiger partial charge in [0, 0.05) is 34.3 Å². The number of carbonyl (C=O) groups is 1.